The van der Waals surface area contributed by atoms with Crippen LogP contribution in [0, 0.1) is 12.3 Å². The molecule has 0 aromatic heterocycles. The van der Waals surface area contributed by atoms with Gasteiger partial charge in [-0.3, -0.25) is 4.79 Å². The van der Waals surface area contributed by atoms with Crippen molar-refractivity contribution in [2.45, 2.75) is 6.92 Å². The summed E-state index contributed by atoms with van der Waals surface area (Å²) in [6, 6.07) is 7.05. The van der Waals surface area contributed by atoms with Crippen LogP contribution in [0.5, 0.6) is 5.75 Å². The lowest BCUT2D eigenvalue weighted by molar-refractivity contribution is -0.109. The Morgan fingerprint density at radius 2 is 2.19 bits per heavy atom. The molecule has 0 heterocycles. The van der Waals surface area contributed by atoms with Gasteiger partial charge in [0.1, 0.15) is 12.4 Å². The van der Waals surface area contributed by atoms with Crippen LogP contribution >= 0.6 is 0 Å². The molecule has 0 atom stereocenters. The highest BCUT2D eigenvalue weighted by atomic mass is 16.5. The smallest absolute Gasteiger partial charge is 0.157 e. The minimum Gasteiger partial charge on any atom is -0.486 e. The first kappa shape index (κ1) is 14.2. The van der Waals surface area contributed by atoms with Crippen LogP contribution in [0.25, 0.3) is 0 Å². The fourth-order valence-electron chi connectivity index (χ4n) is 0.806. The van der Waals surface area contributed by atoms with Gasteiger partial charge in [0, 0.05) is 19.3 Å². The van der Waals surface area contributed by atoms with Gasteiger partial charge in [0.2, 0.25) is 0 Å². The van der Waals surface area contributed by atoms with E-state index in [1.165, 1.54) is 0 Å². The lowest BCUT2D eigenvalue weighted by Crippen LogP contribution is -1.97. The Kier molecular flexibility index (Phi) is 8.66. The fourth-order valence-corrected chi connectivity index (χ4v) is 0.806. The average molecular weight is 220 g/mol. The third kappa shape index (κ3) is 6.63. The maximum atomic E-state index is 9.97. The number of rotatable bonds is 4. The number of ether oxygens (including phenoxy) is 2. The van der Waals surface area contributed by atoms with Crippen molar-refractivity contribution in [3.05, 3.63) is 29.8 Å². The summed E-state index contributed by atoms with van der Waals surface area (Å²) in [6.45, 7) is 2.84. The predicted octanol–water partition coefficient (Wildman–Crippen LogP) is 1.90. The van der Waals surface area contributed by atoms with Crippen molar-refractivity contribution in [2.75, 3.05) is 20.3 Å². The topological polar surface area (TPSA) is 35.5 Å². The molecule has 0 amide bonds. The Balaban J connectivity index is 0.000000487. The Labute approximate surface area is 96.4 Å². The van der Waals surface area contributed by atoms with Gasteiger partial charge in [-0.15, -0.1) is 6.42 Å². The standard InChI is InChI=1S/C10H8O2.C3H8O/c1-2-9-4-3-5-10(8-9)12-7-6-11;1-3-4-2/h1,3-6,8H,7H2;3H2,1-2H3. The summed E-state index contributed by atoms with van der Waals surface area (Å²) in [5, 5.41) is 0. The molecule has 3 heteroatoms. The van der Waals surface area contributed by atoms with Gasteiger partial charge in [0.05, 0.1) is 0 Å². The molecule has 1 aromatic carbocycles. The molecule has 0 spiro atoms. The number of terminal acetylenes is 1. The molecule has 0 radical (unpaired) electrons. The summed E-state index contributed by atoms with van der Waals surface area (Å²) in [5.41, 5.74) is 0.749. The van der Waals surface area contributed by atoms with Gasteiger partial charge in [-0.05, 0) is 25.1 Å². The molecule has 0 bridgehead atoms. The van der Waals surface area contributed by atoms with Crippen LogP contribution in [0.4, 0.5) is 0 Å². The molecule has 1 rings (SSSR count). The van der Waals surface area contributed by atoms with E-state index in [4.69, 9.17) is 11.2 Å². The van der Waals surface area contributed by atoms with E-state index in [1.807, 2.05) is 6.92 Å². The zero-order valence-corrected chi connectivity index (χ0v) is 9.60. The zero-order valence-electron chi connectivity index (χ0n) is 9.60. The van der Waals surface area contributed by atoms with Crippen LogP contribution in [0.15, 0.2) is 24.3 Å². The van der Waals surface area contributed by atoms with Crippen molar-refractivity contribution >= 4 is 6.29 Å². The minimum absolute atomic E-state index is 0.0635. The summed E-state index contributed by atoms with van der Waals surface area (Å²) in [7, 11) is 1.68. The molecular weight excluding hydrogens is 204 g/mol. The van der Waals surface area contributed by atoms with E-state index in [1.54, 1.807) is 31.4 Å². The van der Waals surface area contributed by atoms with Gasteiger partial charge < -0.3 is 9.47 Å². The van der Waals surface area contributed by atoms with Gasteiger partial charge in [-0.1, -0.05) is 12.0 Å². The zero-order chi connectivity index (χ0) is 12.2. The maximum Gasteiger partial charge on any atom is 0.157 e. The first-order chi connectivity index (χ1) is 7.78. The summed E-state index contributed by atoms with van der Waals surface area (Å²) < 4.78 is 9.58. The van der Waals surface area contributed by atoms with Crippen molar-refractivity contribution in [2.24, 2.45) is 0 Å². The van der Waals surface area contributed by atoms with E-state index in [0.29, 0.717) is 12.0 Å². The van der Waals surface area contributed by atoms with Crippen LogP contribution < -0.4 is 4.74 Å². The summed E-state index contributed by atoms with van der Waals surface area (Å²) in [6.07, 6.45) is 5.87. The van der Waals surface area contributed by atoms with Crippen LogP contribution in [0.2, 0.25) is 0 Å². The second-order valence-electron chi connectivity index (χ2n) is 2.73. The predicted molar refractivity (Wildman–Crippen MR) is 63.5 cm³/mol. The summed E-state index contributed by atoms with van der Waals surface area (Å²) >= 11 is 0. The van der Waals surface area contributed by atoms with Crippen LogP contribution in [-0.4, -0.2) is 26.6 Å². The van der Waals surface area contributed by atoms with Crippen LogP contribution in [0.3, 0.4) is 0 Å². The van der Waals surface area contributed by atoms with Gasteiger partial charge in [-0.25, -0.2) is 0 Å². The Morgan fingerprint density at radius 3 is 2.69 bits per heavy atom. The van der Waals surface area contributed by atoms with Crippen molar-refractivity contribution in [1.29, 1.82) is 0 Å². The van der Waals surface area contributed by atoms with Crippen molar-refractivity contribution in [3.8, 4) is 18.1 Å². The van der Waals surface area contributed by atoms with E-state index in [9.17, 15) is 4.79 Å². The highest BCUT2D eigenvalue weighted by Gasteiger charge is 1.92. The Hall–Kier alpha value is -1.79. The minimum atomic E-state index is 0.0635. The number of hydrogen-bond acceptors (Lipinski definition) is 3. The third-order valence-corrected chi connectivity index (χ3v) is 1.61. The number of methoxy groups -OCH3 is 1. The Bertz CT molecular complexity index is 337. The van der Waals surface area contributed by atoms with Crippen molar-refractivity contribution in [1.82, 2.24) is 0 Å². The molecule has 0 N–H and O–H groups in total. The van der Waals surface area contributed by atoms with Gasteiger partial charge in [-0.2, -0.15) is 0 Å². The monoisotopic (exact) mass is 220 g/mol. The fraction of sp³-hybridized carbons (Fsp3) is 0.308. The number of hydrogen-bond donors (Lipinski definition) is 0. The van der Waals surface area contributed by atoms with Crippen LogP contribution in [0.1, 0.15) is 12.5 Å². The van der Waals surface area contributed by atoms with E-state index in [2.05, 4.69) is 10.7 Å². The molecular formula is C13H16O3. The normalized spacial score (nSPS) is 8.31. The second-order valence-corrected chi connectivity index (χ2v) is 2.73. The molecule has 1 aromatic rings. The number of carbonyl (C=O) groups is 1. The molecule has 0 unspecified atom stereocenters. The maximum absolute atomic E-state index is 9.97. The molecule has 0 aliphatic carbocycles. The lowest BCUT2D eigenvalue weighted by atomic mass is 10.2. The van der Waals surface area contributed by atoms with Gasteiger partial charge in [0.25, 0.3) is 0 Å². The third-order valence-electron chi connectivity index (χ3n) is 1.61. The quantitative estimate of drug-likeness (QED) is 0.574. The first-order valence-corrected chi connectivity index (χ1v) is 4.90. The van der Waals surface area contributed by atoms with Gasteiger partial charge >= 0.3 is 0 Å². The SMILES string of the molecule is C#Cc1cccc(OCC=O)c1.CCOC. The molecule has 0 aliphatic rings. The number of benzene rings is 1. The van der Waals surface area contributed by atoms with E-state index < -0.39 is 0 Å². The second kappa shape index (κ2) is 9.75. The van der Waals surface area contributed by atoms with Crippen molar-refractivity contribution < 1.29 is 14.3 Å². The van der Waals surface area contributed by atoms with Gasteiger partial charge in [0.15, 0.2) is 6.29 Å². The van der Waals surface area contributed by atoms with E-state index in [-0.39, 0.29) is 6.61 Å². The van der Waals surface area contributed by atoms with Crippen LogP contribution in [-0.2, 0) is 9.53 Å². The molecule has 86 valence electrons. The van der Waals surface area contributed by atoms with E-state index in [0.717, 1.165) is 12.2 Å². The highest BCUT2D eigenvalue weighted by Crippen LogP contribution is 2.11. The average Bonchev–Trinajstić information content (AvgIpc) is 2.37. The largest absolute Gasteiger partial charge is 0.486 e. The molecule has 0 fully saturated rings. The summed E-state index contributed by atoms with van der Waals surface area (Å²) in [5.74, 6) is 3.10. The van der Waals surface area contributed by atoms with Crippen molar-refractivity contribution in [3.63, 3.8) is 0 Å². The Morgan fingerprint density at radius 1 is 1.50 bits per heavy atom. The molecule has 0 aliphatic heterocycles. The number of carbonyl (C=O) groups excluding carboxylic acids is 1. The number of aldehydes is 1. The molecule has 3 nitrogen and oxygen atoms in total. The highest BCUT2D eigenvalue weighted by molar-refractivity contribution is 5.51. The first-order valence-electron chi connectivity index (χ1n) is 4.90. The summed E-state index contributed by atoms with van der Waals surface area (Å²) in [4.78, 5) is 9.97. The molecule has 0 saturated carbocycles. The molecule has 0 saturated heterocycles. The van der Waals surface area contributed by atoms with E-state index >= 15 is 0 Å². The molecule has 16 heavy (non-hydrogen) atoms. The lowest BCUT2D eigenvalue weighted by Gasteiger charge is -2.00.